The number of aliphatic hydroxyl groups is 1. The number of hydrogen-bond acceptors (Lipinski definition) is 6. The third-order valence-corrected chi connectivity index (χ3v) is 5.82. The Hall–Kier alpha value is -2.51. The third-order valence-electron chi connectivity index (χ3n) is 5.82. The Kier molecular flexibility index (Phi) is 6.03. The number of ether oxygens (including phenoxy) is 1. The van der Waals surface area contributed by atoms with Crippen molar-refractivity contribution in [3.05, 3.63) is 53.6 Å². The van der Waals surface area contributed by atoms with Crippen LogP contribution >= 0.6 is 0 Å². The van der Waals surface area contributed by atoms with Crippen LogP contribution in [-0.4, -0.2) is 46.4 Å². The second-order valence-corrected chi connectivity index (χ2v) is 7.06. The molecule has 3 saturated heterocycles. The molecule has 3 aliphatic rings. The number of pyridine rings is 1. The molecule has 4 heterocycles. The highest BCUT2D eigenvalue weighted by molar-refractivity contribution is 5.83. The summed E-state index contributed by atoms with van der Waals surface area (Å²) in [5, 5.41) is 20.0. The van der Waals surface area contributed by atoms with E-state index in [4.69, 9.17) is 14.9 Å². The molecule has 27 heavy (non-hydrogen) atoms. The van der Waals surface area contributed by atoms with Crippen molar-refractivity contribution < 1.29 is 15.1 Å². The van der Waals surface area contributed by atoms with Gasteiger partial charge in [-0.05, 0) is 61.1 Å². The summed E-state index contributed by atoms with van der Waals surface area (Å²) in [6.45, 7) is 6.07. The SMILES string of the molecule is C=C[C@@H]1CN2CCC1C[C@H]2[C@@H](O)c1ccnc2ccc(OC)cc12.O=NO. The summed E-state index contributed by atoms with van der Waals surface area (Å²) in [5.74, 6) is 2.01. The molecule has 2 N–H and O–H groups in total. The number of methoxy groups -OCH3 is 1. The predicted molar refractivity (Wildman–Crippen MR) is 103 cm³/mol. The van der Waals surface area contributed by atoms with Crippen molar-refractivity contribution in [1.82, 2.24) is 9.88 Å². The highest BCUT2D eigenvalue weighted by atomic mass is 16.6. The molecule has 1 aromatic heterocycles. The Morgan fingerprint density at radius 3 is 2.85 bits per heavy atom. The topological polar surface area (TPSA) is 95.3 Å². The van der Waals surface area contributed by atoms with Gasteiger partial charge in [-0.1, -0.05) is 6.08 Å². The molecule has 0 aliphatic carbocycles. The van der Waals surface area contributed by atoms with Gasteiger partial charge in [0.15, 0.2) is 5.34 Å². The van der Waals surface area contributed by atoms with Gasteiger partial charge in [-0.3, -0.25) is 9.88 Å². The van der Waals surface area contributed by atoms with E-state index in [1.54, 1.807) is 13.3 Å². The highest BCUT2D eigenvalue weighted by Gasteiger charge is 2.42. The number of piperidine rings is 3. The number of aromatic nitrogens is 1. The summed E-state index contributed by atoms with van der Waals surface area (Å²) in [6.07, 6.45) is 5.62. The number of fused-ring (bicyclic) bond motifs is 4. The molecule has 5 rings (SSSR count). The zero-order valence-electron chi connectivity index (χ0n) is 15.4. The van der Waals surface area contributed by atoms with E-state index >= 15 is 0 Å². The van der Waals surface area contributed by atoms with Crippen LogP contribution < -0.4 is 4.74 Å². The van der Waals surface area contributed by atoms with E-state index in [0.717, 1.165) is 41.7 Å². The average molecular weight is 371 g/mol. The summed E-state index contributed by atoms with van der Waals surface area (Å²) in [5.41, 5.74) is 1.85. The van der Waals surface area contributed by atoms with Gasteiger partial charge >= 0.3 is 0 Å². The van der Waals surface area contributed by atoms with Crippen LogP contribution in [0, 0.1) is 16.7 Å². The number of hydrogen-bond donors (Lipinski definition) is 2. The van der Waals surface area contributed by atoms with Crippen LogP contribution in [0.1, 0.15) is 24.5 Å². The van der Waals surface area contributed by atoms with E-state index in [2.05, 4.69) is 22.5 Å². The van der Waals surface area contributed by atoms with Crippen molar-refractivity contribution in [3.8, 4) is 5.75 Å². The first kappa shape index (κ1) is 19.3. The normalized spacial score (nSPS) is 27.3. The zero-order chi connectivity index (χ0) is 19.4. The number of nitrogens with zero attached hydrogens (tertiary/aromatic N) is 3. The summed E-state index contributed by atoms with van der Waals surface area (Å²) >= 11 is 0. The van der Waals surface area contributed by atoms with E-state index in [1.165, 1.54) is 11.8 Å². The lowest BCUT2D eigenvalue weighted by molar-refractivity contribution is -0.0444. The fourth-order valence-electron chi connectivity index (χ4n) is 4.44. The Bertz CT molecular complexity index is 813. The van der Waals surface area contributed by atoms with Gasteiger partial charge in [-0.2, -0.15) is 0 Å². The molecule has 144 valence electrons. The van der Waals surface area contributed by atoms with Crippen LogP contribution in [0.25, 0.3) is 10.9 Å². The second-order valence-electron chi connectivity index (χ2n) is 7.06. The van der Waals surface area contributed by atoms with Crippen molar-refractivity contribution >= 4 is 10.9 Å². The van der Waals surface area contributed by atoms with Crippen molar-refractivity contribution in [1.29, 1.82) is 0 Å². The zero-order valence-corrected chi connectivity index (χ0v) is 15.4. The van der Waals surface area contributed by atoms with Crippen LogP contribution in [0.2, 0.25) is 0 Å². The van der Waals surface area contributed by atoms with Gasteiger partial charge < -0.3 is 15.1 Å². The van der Waals surface area contributed by atoms with Crippen molar-refractivity contribution in [3.63, 3.8) is 0 Å². The lowest BCUT2D eigenvalue weighted by Gasteiger charge is -2.50. The maximum Gasteiger partial charge on any atom is 0.152 e. The summed E-state index contributed by atoms with van der Waals surface area (Å²) in [4.78, 5) is 15.0. The monoisotopic (exact) mass is 371 g/mol. The summed E-state index contributed by atoms with van der Waals surface area (Å²) < 4.78 is 5.35. The first-order valence-corrected chi connectivity index (χ1v) is 9.07. The van der Waals surface area contributed by atoms with Gasteiger partial charge in [0.2, 0.25) is 0 Å². The van der Waals surface area contributed by atoms with Gasteiger partial charge in [0.1, 0.15) is 5.75 Å². The number of aliphatic hydroxyl groups excluding tert-OH is 1. The van der Waals surface area contributed by atoms with Gasteiger partial charge in [0.05, 0.1) is 18.7 Å². The van der Waals surface area contributed by atoms with E-state index in [0.29, 0.717) is 11.8 Å². The first-order chi connectivity index (χ1) is 13.1. The van der Waals surface area contributed by atoms with Crippen molar-refractivity contribution in [2.24, 2.45) is 17.2 Å². The Labute approximate surface area is 158 Å². The van der Waals surface area contributed by atoms with E-state index in [1.807, 2.05) is 24.3 Å². The second kappa shape index (κ2) is 8.45. The molecular weight excluding hydrogens is 346 g/mol. The largest absolute Gasteiger partial charge is 0.497 e. The fourth-order valence-corrected chi connectivity index (χ4v) is 4.44. The minimum atomic E-state index is -0.504. The molecule has 7 heteroatoms. The third kappa shape index (κ3) is 3.79. The highest BCUT2D eigenvalue weighted by Crippen LogP contribution is 2.42. The lowest BCUT2D eigenvalue weighted by Crippen LogP contribution is -2.54. The first-order valence-electron chi connectivity index (χ1n) is 9.07. The smallest absolute Gasteiger partial charge is 0.152 e. The standard InChI is InChI=1S/C20H24N2O2.HNO2/c1-3-13-12-22-9-7-14(13)10-19(22)20(23)16-6-8-21-18-5-4-15(24-2)11-17(16)18;2-1-3/h3-6,8,11,13-14,19-20,23H,1,7,9-10,12H2,2H3;(H,2,3)/t13-,14?,19+,20+;/m1./s1. The summed E-state index contributed by atoms with van der Waals surface area (Å²) in [6, 6.07) is 7.96. The van der Waals surface area contributed by atoms with Gasteiger partial charge in [-0.15, -0.1) is 11.5 Å². The molecule has 0 radical (unpaired) electrons. The molecule has 0 saturated carbocycles. The predicted octanol–water partition coefficient (Wildman–Crippen LogP) is 3.32. The van der Waals surface area contributed by atoms with Crippen LogP contribution in [-0.2, 0) is 0 Å². The molecule has 3 aliphatic heterocycles. The van der Waals surface area contributed by atoms with Crippen LogP contribution in [0.3, 0.4) is 0 Å². The maximum absolute atomic E-state index is 11.2. The Morgan fingerprint density at radius 2 is 2.22 bits per heavy atom. The van der Waals surface area contributed by atoms with Crippen molar-refractivity contribution in [2.45, 2.75) is 25.0 Å². The minimum absolute atomic E-state index is 0.178. The van der Waals surface area contributed by atoms with E-state index in [9.17, 15) is 5.11 Å². The maximum atomic E-state index is 11.2. The van der Waals surface area contributed by atoms with Crippen LogP contribution in [0.4, 0.5) is 0 Å². The van der Waals surface area contributed by atoms with Gasteiger partial charge in [0.25, 0.3) is 0 Å². The molecule has 1 aromatic carbocycles. The molecular formula is C20H25N3O4. The molecule has 2 aromatic rings. The van der Waals surface area contributed by atoms with Crippen molar-refractivity contribution in [2.75, 3.05) is 20.2 Å². The van der Waals surface area contributed by atoms with Crippen LogP contribution in [0.5, 0.6) is 5.75 Å². The van der Waals surface area contributed by atoms with Crippen LogP contribution in [0.15, 0.2) is 48.5 Å². The fraction of sp³-hybridized carbons (Fsp3) is 0.450. The van der Waals surface area contributed by atoms with E-state index in [-0.39, 0.29) is 6.04 Å². The molecule has 5 atom stereocenters. The molecule has 0 spiro atoms. The molecule has 0 amide bonds. The quantitative estimate of drug-likeness (QED) is 0.486. The average Bonchev–Trinajstić information content (AvgIpc) is 2.73. The number of benzene rings is 1. The molecule has 2 unspecified atom stereocenters. The van der Waals surface area contributed by atoms with Gasteiger partial charge in [-0.25, -0.2) is 0 Å². The molecule has 7 nitrogen and oxygen atoms in total. The lowest BCUT2D eigenvalue weighted by atomic mass is 9.73. The Morgan fingerprint density at radius 1 is 1.44 bits per heavy atom. The Balaban J connectivity index is 0.000000659. The van der Waals surface area contributed by atoms with Gasteiger partial charge in [0, 0.05) is 24.2 Å². The molecule has 2 bridgehead atoms. The minimum Gasteiger partial charge on any atom is -0.497 e. The summed E-state index contributed by atoms with van der Waals surface area (Å²) in [7, 11) is 1.66. The number of rotatable bonds is 4. The van der Waals surface area contributed by atoms with E-state index < -0.39 is 6.10 Å². The molecule has 3 fully saturated rings.